The van der Waals surface area contributed by atoms with Crippen LogP contribution in [0.25, 0.3) is 0 Å². The van der Waals surface area contributed by atoms with E-state index in [1.54, 1.807) is 24.3 Å². The van der Waals surface area contributed by atoms with Crippen molar-refractivity contribution in [1.82, 2.24) is 4.90 Å². The number of rotatable bonds is 7. The maximum Gasteiger partial charge on any atom is 0.176 e. The number of carbonyl (C=O) groups excluding carboxylic acids is 1. The van der Waals surface area contributed by atoms with E-state index in [1.807, 2.05) is 0 Å². The van der Waals surface area contributed by atoms with Crippen molar-refractivity contribution in [2.75, 3.05) is 19.6 Å². The molecular formula is C14H21NO2. The Balaban J connectivity index is 2.60. The molecular weight excluding hydrogens is 214 g/mol. The predicted octanol–water partition coefficient (Wildman–Crippen LogP) is 2.70. The van der Waals surface area contributed by atoms with E-state index in [4.69, 9.17) is 5.11 Å². The first kappa shape index (κ1) is 13.7. The molecule has 0 aliphatic carbocycles. The van der Waals surface area contributed by atoms with Gasteiger partial charge in [0, 0.05) is 5.56 Å². The highest BCUT2D eigenvalue weighted by Gasteiger charge is 2.11. The van der Waals surface area contributed by atoms with Crippen molar-refractivity contribution in [3.05, 3.63) is 29.8 Å². The molecule has 17 heavy (non-hydrogen) atoms. The molecule has 0 aliphatic heterocycles. The lowest BCUT2D eigenvalue weighted by molar-refractivity contribution is 0.0930. The summed E-state index contributed by atoms with van der Waals surface area (Å²) in [4.78, 5) is 14.2. The highest BCUT2D eigenvalue weighted by Crippen LogP contribution is 2.10. The van der Waals surface area contributed by atoms with Gasteiger partial charge in [-0.05, 0) is 50.2 Å². The van der Waals surface area contributed by atoms with Crippen LogP contribution in [0.15, 0.2) is 24.3 Å². The Morgan fingerprint density at radius 1 is 1.12 bits per heavy atom. The maximum atomic E-state index is 12.0. The van der Waals surface area contributed by atoms with Crippen molar-refractivity contribution >= 4 is 5.78 Å². The van der Waals surface area contributed by atoms with Crippen molar-refractivity contribution in [3.8, 4) is 5.75 Å². The first-order valence-electron chi connectivity index (χ1n) is 6.22. The SMILES string of the molecule is CCCN(CCC)CC(=O)c1ccc(O)cc1. The van der Waals surface area contributed by atoms with E-state index >= 15 is 0 Å². The smallest absolute Gasteiger partial charge is 0.176 e. The summed E-state index contributed by atoms with van der Waals surface area (Å²) in [5.41, 5.74) is 0.667. The first-order chi connectivity index (χ1) is 8.17. The number of ketones is 1. The van der Waals surface area contributed by atoms with Crippen LogP contribution >= 0.6 is 0 Å². The molecule has 3 nitrogen and oxygen atoms in total. The van der Waals surface area contributed by atoms with Gasteiger partial charge in [0.2, 0.25) is 0 Å². The fraction of sp³-hybridized carbons (Fsp3) is 0.500. The minimum atomic E-state index is 0.118. The number of aromatic hydroxyl groups is 1. The van der Waals surface area contributed by atoms with Crippen LogP contribution in [0.4, 0.5) is 0 Å². The topological polar surface area (TPSA) is 40.5 Å². The van der Waals surface area contributed by atoms with Gasteiger partial charge < -0.3 is 5.11 Å². The number of hydrogen-bond acceptors (Lipinski definition) is 3. The van der Waals surface area contributed by atoms with Crippen molar-refractivity contribution in [1.29, 1.82) is 0 Å². The van der Waals surface area contributed by atoms with E-state index in [0.717, 1.165) is 25.9 Å². The van der Waals surface area contributed by atoms with Gasteiger partial charge in [0.05, 0.1) is 6.54 Å². The molecule has 0 saturated heterocycles. The third kappa shape index (κ3) is 4.57. The van der Waals surface area contributed by atoms with Gasteiger partial charge in [-0.3, -0.25) is 9.69 Å². The molecule has 3 heteroatoms. The van der Waals surface area contributed by atoms with Gasteiger partial charge in [-0.25, -0.2) is 0 Å². The zero-order valence-electron chi connectivity index (χ0n) is 10.6. The Morgan fingerprint density at radius 3 is 2.12 bits per heavy atom. The number of phenols is 1. The second-order valence-corrected chi connectivity index (χ2v) is 4.25. The lowest BCUT2D eigenvalue weighted by Crippen LogP contribution is -2.31. The third-order valence-corrected chi connectivity index (χ3v) is 2.64. The number of benzene rings is 1. The highest BCUT2D eigenvalue weighted by atomic mass is 16.3. The lowest BCUT2D eigenvalue weighted by atomic mass is 10.1. The van der Waals surface area contributed by atoms with Crippen LogP contribution in [0.5, 0.6) is 5.75 Å². The Hall–Kier alpha value is -1.35. The highest BCUT2D eigenvalue weighted by molar-refractivity contribution is 5.97. The average molecular weight is 235 g/mol. The summed E-state index contributed by atoms with van der Waals surface area (Å²) in [5.74, 6) is 0.312. The summed E-state index contributed by atoms with van der Waals surface area (Å²) in [6.45, 7) is 6.61. The summed E-state index contributed by atoms with van der Waals surface area (Å²) in [6.07, 6.45) is 2.12. The zero-order valence-corrected chi connectivity index (χ0v) is 10.6. The first-order valence-corrected chi connectivity index (χ1v) is 6.22. The molecule has 0 amide bonds. The van der Waals surface area contributed by atoms with Gasteiger partial charge in [0.25, 0.3) is 0 Å². The molecule has 1 aromatic carbocycles. The number of Topliss-reactive ketones (excluding diaryl/α,β-unsaturated/α-hetero) is 1. The molecule has 0 atom stereocenters. The second kappa shape index (κ2) is 7.07. The second-order valence-electron chi connectivity index (χ2n) is 4.25. The van der Waals surface area contributed by atoms with E-state index in [1.165, 1.54) is 0 Å². The van der Waals surface area contributed by atoms with Crippen LogP contribution < -0.4 is 0 Å². The number of carbonyl (C=O) groups is 1. The largest absolute Gasteiger partial charge is 0.508 e. The van der Waals surface area contributed by atoms with Crippen LogP contribution in [0, 0.1) is 0 Å². The van der Waals surface area contributed by atoms with E-state index in [-0.39, 0.29) is 11.5 Å². The van der Waals surface area contributed by atoms with Crippen molar-refractivity contribution < 1.29 is 9.90 Å². The minimum Gasteiger partial charge on any atom is -0.508 e. The number of nitrogens with zero attached hydrogens (tertiary/aromatic N) is 1. The van der Waals surface area contributed by atoms with Gasteiger partial charge in [0.15, 0.2) is 5.78 Å². The van der Waals surface area contributed by atoms with E-state index < -0.39 is 0 Å². The molecule has 1 aromatic rings. The molecule has 0 heterocycles. The van der Waals surface area contributed by atoms with Crippen LogP contribution in [0.2, 0.25) is 0 Å². The summed E-state index contributed by atoms with van der Waals surface area (Å²) in [7, 11) is 0. The van der Waals surface area contributed by atoms with Crippen molar-refractivity contribution in [2.45, 2.75) is 26.7 Å². The van der Waals surface area contributed by atoms with Crippen LogP contribution in [0.1, 0.15) is 37.0 Å². The molecule has 0 unspecified atom stereocenters. The fourth-order valence-corrected chi connectivity index (χ4v) is 1.84. The monoisotopic (exact) mass is 235 g/mol. The quantitative estimate of drug-likeness (QED) is 0.739. The van der Waals surface area contributed by atoms with Gasteiger partial charge in [-0.1, -0.05) is 13.8 Å². The normalized spacial score (nSPS) is 10.8. The summed E-state index contributed by atoms with van der Waals surface area (Å²) in [6, 6.07) is 6.45. The molecule has 0 fully saturated rings. The third-order valence-electron chi connectivity index (χ3n) is 2.64. The predicted molar refractivity (Wildman–Crippen MR) is 69.5 cm³/mol. The van der Waals surface area contributed by atoms with Gasteiger partial charge in [0.1, 0.15) is 5.75 Å². The van der Waals surface area contributed by atoms with Gasteiger partial charge in [-0.2, -0.15) is 0 Å². The fourth-order valence-electron chi connectivity index (χ4n) is 1.84. The maximum absolute atomic E-state index is 12.0. The molecule has 0 bridgehead atoms. The minimum absolute atomic E-state index is 0.118. The van der Waals surface area contributed by atoms with Crippen molar-refractivity contribution in [2.24, 2.45) is 0 Å². The average Bonchev–Trinajstić information content (AvgIpc) is 2.30. The van der Waals surface area contributed by atoms with Crippen LogP contribution in [-0.2, 0) is 0 Å². The Morgan fingerprint density at radius 2 is 1.65 bits per heavy atom. The Kier molecular flexibility index (Phi) is 5.70. The molecule has 0 aromatic heterocycles. The van der Waals surface area contributed by atoms with E-state index in [2.05, 4.69) is 18.7 Å². The molecule has 0 saturated carbocycles. The molecule has 1 N–H and O–H groups in total. The Bertz CT molecular complexity index is 340. The Labute approximate surface area is 103 Å². The van der Waals surface area contributed by atoms with Crippen LogP contribution in [-0.4, -0.2) is 35.4 Å². The number of hydrogen-bond donors (Lipinski definition) is 1. The molecule has 0 spiro atoms. The molecule has 1 rings (SSSR count). The summed E-state index contributed by atoms with van der Waals surface area (Å²) < 4.78 is 0. The van der Waals surface area contributed by atoms with E-state index in [0.29, 0.717) is 12.1 Å². The lowest BCUT2D eigenvalue weighted by Gasteiger charge is -2.19. The zero-order chi connectivity index (χ0) is 12.7. The van der Waals surface area contributed by atoms with Gasteiger partial charge in [-0.15, -0.1) is 0 Å². The molecule has 94 valence electrons. The molecule has 0 aliphatic rings. The molecule has 0 radical (unpaired) electrons. The van der Waals surface area contributed by atoms with Crippen molar-refractivity contribution in [3.63, 3.8) is 0 Å². The summed E-state index contributed by atoms with van der Waals surface area (Å²) >= 11 is 0. The van der Waals surface area contributed by atoms with E-state index in [9.17, 15) is 4.79 Å². The van der Waals surface area contributed by atoms with Gasteiger partial charge >= 0.3 is 0 Å². The standard InChI is InChI=1S/C14H21NO2/c1-3-9-15(10-4-2)11-14(17)12-5-7-13(16)8-6-12/h5-8,16H,3-4,9-11H2,1-2H3. The summed E-state index contributed by atoms with van der Waals surface area (Å²) in [5, 5.41) is 9.17. The number of phenolic OH excluding ortho intramolecular Hbond substituents is 1. The van der Waals surface area contributed by atoms with Crippen LogP contribution in [0.3, 0.4) is 0 Å².